The molecule has 1 aliphatic rings. The molecule has 120 valence electrons. The van der Waals surface area contributed by atoms with Gasteiger partial charge in [0.15, 0.2) is 0 Å². The van der Waals surface area contributed by atoms with Crippen LogP contribution in [0.25, 0.3) is 33.1 Å². The Labute approximate surface area is 137 Å². The minimum atomic E-state index is -0.0803. The van der Waals surface area contributed by atoms with E-state index in [1.54, 1.807) is 4.68 Å². The van der Waals surface area contributed by atoms with Crippen molar-refractivity contribution in [2.45, 2.75) is 19.4 Å². The fraction of sp³-hybridized carbons (Fsp3) is 0.278. The molecular formula is C18H17N5O. The highest BCUT2D eigenvalue weighted by atomic mass is 16.1. The van der Waals surface area contributed by atoms with E-state index in [0.29, 0.717) is 11.5 Å². The molecule has 24 heavy (non-hydrogen) atoms. The van der Waals surface area contributed by atoms with Crippen LogP contribution in [0, 0.1) is 5.92 Å². The van der Waals surface area contributed by atoms with Crippen LogP contribution >= 0.6 is 0 Å². The number of rotatable bonds is 3. The summed E-state index contributed by atoms with van der Waals surface area (Å²) >= 11 is 0. The lowest BCUT2D eigenvalue weighted by atomic mass is 10.0. The quantitative estimate of drug-likeness (QED) is 0.631. The van der Waals surface area contributed by atoms with Crippen molar-refractivity contribution in [1.82, 2.24) is 24.5 Å². The van der Waals surface area contributed by atoms with E-state index >= 15 is 0 Å². The van der Waals surface area contributed by atoms with Gasteiger partial charge in [-0.05, 0) is 42.5 Å². The maximum absolute atomic E-state index is 12.6. The number of nitrogens with one attached hydrogen (secondary N) is 1. The van der Waals surface area contributed by atoms with Gasteiger partial charge in [-0.1, -0.05) is 6.07 Å². The molecule has 1 aliphatic carbocycles. The lowest BCUT2D eigenvalue weighted by Crippen LogP contribution is -2.11. The molecule has 1 saturated carbocycles. The highest BCUT2D eigenvalue weighted by Crippen LogP contribution is 2.31. The maximum atomic E-state index is 12.6. The molecule has 0 unspecified atom stereocenters. The molecule has 3 aromatic heterocycles. The van der Waals surface area contributed by atoms with Crippen LogP contribution in [0.5, 0.6) is 0 Å². The molecular weight excluding hydrogens is 302 g/mol. The molecule has 6 heteroatoms. The first-order valence-corrected chi connectivity index (χ1v) is 8.20. The van der Waals surface area contributed by atoms with E-state index in [1.807, 2.05) is 48.4 Å². The molecule has 0 saturated heterocycles. The number of aryl methyl sites for hydroxylation is 1. The number of hydrogen-bond donors (Lipinski definition) is 1. The van der Waals surface area contributed by atoms with E-state index in [1.165, 1.54) is 12.8 Å². The standard InChI is InChI=1S/C18H17N5O/c1-22-10-14-6-12(4-5-16(14)21-22)15-7-13-8-19-23(9-11-2-3-11)17(13)20-18(15)24/h4-8,10-11H,2-3,9H2,1H3,(H,20,24). The van der Waals surface area contributed by atoms with E-state index in [4.69, 9.17) is 0 Å². The first-order valence-electron chi connectivity index (χ1n) is 8.20. The lowest BCUT2D eigenvalue weighted by molar-refractivity contribution is 0.576. The predicted molar refractivity (Wildman–Crippen MR) is 92.8 cm³/mol. The second kappa shape index (κ2) is 4.80. The number of hydrogen-bond acceptors (Lipinski definition) is 3. The van der Waals surface area contributed by atoms with E-state index in [0.717, 1.165) is 34.0 Å². The Morgan fingerprint density at radius 1 is 1.25 bits per heavy atom. The molecule has 0 aliphatic heterocycles. The molecule has 4 aromatic rings. The summed E-state index contributed by atoms with van der Waals surface area (Å²) in [5, 5.41) is 10.8. The molecule has 1 N–H and O–H groups in total. The summed E-state index contributed by atoms with van der Waals surface area (Å²) in [6.45, 7) is 0.889. The first kappa shape index (κ1) is 13.5. The van der Waals surface area contributed by atoms with Crippen molar-refractivity contribution in [3.63, 3.8) is 0 Å². The monoisotopic (exact) mass is 319 g/mol. The highest BCUT2D eigenvalue weighted by Gasteiger charge is 2.23. The number of fused-ring (bicyclic) bond motifs is 2. The first-order chi connectivity index (χ1) is 11.7. The molecule has 0 amide bonds. The van der Waals surface area contributed by atoms with Crippen LogP contribution in [0.1, 0.15) is 12.8 Å². The molecule has 0 spiro atoms. The second-order valence-corrected chi connectivity index (χ2v) is 6.66. The minimum absolute atomic E-state index is 0.0803. The number of aromatic nitrogens is 5. The summed E-state index contributed by atoms with van der Waals surface area (Å²) < 4.78 is 3.70. The zero-order chi connectivity index (χ0) is 16.3. The topological polar surface area (TPSA) is 68.5 Å². The number of aromatic amines is 1. The third kappa shape index (κ3) is 2.14. The lowest BCUT2D eigenvalue weighted by Gasteiger charge is -2.04. The van der Waals surface area contributed by atoms with Crippen molar-refractivity contribution in [2.75, 3.05) is 0 Å². The normalized spacial score (nSPS) is 14.7. The minimum Gasteiger partial charge on any atom is -0.306 e. The maximum Gasteiger partial charge on any atom is 0.257 e. The van der Waals surface area contributed by atoms with Gasteiger partial charge in [0.05, 0.1) is 11.7 Å². The second-order valence-electron chi connectivity index (χ2n) is 6.66. The third-order valence-corrected chi connectivity index (χ3v) is 4.70. The Kier molecular flexibility index (Phi) is 2.71. The number of benzene rings is 1. The Bertz CT molecular complexity index is 1130. The molecule has 3 heterocycles. The SMILES string of the molecule is Cn1cc2cc(-c3cc4cnn(CC5CC5)c4[nH]c3=O)ccc2n1. The van der Waals surface area contributed by atoms with Gasteiger partial charge in [0.2, 0.25) is 0 Å². The molecule has 0 radical (unpaired) electrons. The van der Waals surface area contributed by atoms with Gasteiger partial charge in [0.1, 0.15) is 5.65 Å². The van der Waals surface area contributed by atoms with Crippen LogP contribution in [0.2, 0.25) is 0 Å². The van der Waals surface area contributed by atoms with Crippen LogP contribution in [-0.4, -0.2) is 24.5 Å². The summed E-state index contributed by atoms with van der Waals surface area (Å²) in [6.07, 6.45) is 6.31. The Morgan fingerprint density at radius 2 is 2.12 bits per heavy atom. The van der Waals surface area contributed by atoms with Gasteiger partial charge in [0, 0.05) is 36.1 Å². The van der Waals surface area contributed by atoms with E-state index < -0.39 is 0 Å². The summed E-state index contributed by atoms with van der Waals surface area (Å²) in [5.74, 6) is 0.712. The molecule has 0 bridgehead atoms. The van der Waals surface area contributed by atoms with Gasteiger partial charge in [-0.2, -0.15) is 10.2 Å². The van der Waals surface area contributed by atoms with Crippen LogP contribution in [0.15, 0.2) is 41.5 Å². The third-order valence-electron chi connectivity index (χ3n) is 4.70. The molecule has 5 rings (SSSR count). The fourth-order valence-corrected chi connectivity index (χ4v) is 3.25. The van der Waals surface area contributed by atoms with Crippen molar-refractivity contribution in [2.24, 2.45) is 13.0 Å². The predicted octanol–water partition coefficient (Wildman–Crippen LogP) is 2.69. The summed E-state index contributed by atoms with van der Waals surface area (Å²) in [4.78, 5) is 15.6. The van der Waals surface area contributed by atoms with Crippen molar-refractivity contribution >= 4 is 21.9 Å². The number of H-pyrrole nitrogens is 1. The zero-order valence-corrected chi connectivity index (χ0v) is 13.4. The van der Waals surface area contributed by atoms with Crippen molar-refractivity contribution < 1.29 is 0 Å². The smallest absolute Gasteiger partial charge is 0.257 e. The van der Waals surface area contributed by atoms with Gasteiger partial charge in [-0.25, -0.2) is 4.68 Å². The van der Waals surface area contributed by atoms with Gasteiger partial charge >= 0.3 is 0 Å². The van der Waals surface area contributed by atoms with Gasteiger partial charge < -0.3 is 4.98 Å². The largest absolute Gasteiger partial charge is 0.306 e. The molecule has 0 atom stereocenters. The van der Waals surface area contributed by atoms with Crippen LogP contribution in [-0.2, 0) is 13.6 Å². The Morgan fingerprint density at radius 3 is 2.96 bits per heavy atom. The van der Waals surface area contributed by atoms with Crippen LogP contribution in [0.3, 0.4) is 0 Å². The summed E-state index contributed by atoms with van der Waals surface area (Å²) in [5.41, 5.74) is 3.23. The zero-order valence-electron chi connectivity index (χ0n) is 13.4. The number of nitrogens with zero attached hydrogens (tertiary/aromatic N) is 4. The van der Waals surface area contributed by atoms with Crippen molar-refractivity contribution in [3.8, 4) is 11.1 Å². The Hall–Kier alpha value is -2.89. The number of pyridine rings is 1. The van der Waals surface area contributed by atoms with Crippen molar-refractivity contribution in [1.29, 1.82) is 0 Å². The molecule has 1 aromatic carbocycles. The molecule has 1 fully saturated rings. The van der Waals surface area contributed by atoms with Gasteiger partial charge in [-0.15, -0.1) is 0 Å². The van der Waals surface area contributed by atoms with E-state index in [9.17, 15) is 4.79 Å². The summed E-state index contributed by atoms with van der Waals surface area (Å²) in [7, 11) is 1.90. The van der Waals surface area contributed by atoms with Crippen LogP contribution in [0.4, 0.5) is 0 Å². The fourth-order valence-electron chi connectivity index (χ4n) is 3.25. The average molecular weight is 319 g/mol. The van der Waals surface area contributed by atoms with E-state index in [2.05, 4.69) is 15.2 Å². The average Bonchev–Trinajstić information content (AvgIpc) is 3.18. The summed E-state index contributed by atoms with van der Waals surface area (Å²) in [6, 6.07) is 7.83. The van der Waals surface area contributed by atoms with Crippen LogP contribution < -0.4 is 5.56 Å². The molecule has 6 nitrogen and oxygen atoms in total. The Balaban J connectivity index is 1.64. The van der Waals surface area contributed by atoms with Crippen molar-refractivity contribution in [3.05, 3.63) is 47.0 Å². The van der Waals surface area contributed by atoms with Gasteiger partial charge in [0.25, 0.3) is 5.56 Å². The highest BCUT2D eigenvalue weighted by molar-refractivity contribution is 5.86. The van der Waals surface area contributed by atoms with Gasteiger partial charge in [-0.3, -0.25) is 9.48 Å². The van der Waals surface area contributed by atoms with E-state index in [-0.39, 0.29) is 5.56 Å².